The zero-order valence-electron chi connectivity index (χ0n) is 11.4. The van der Waals surface area contributed by atoms with Crippen LogP contribution in [0.15, 0.2) is 30.5 Å². The second kappa shape index (κ2) is 5.09. The molecule has 0 bridgehead atoms. The number of aromatic amines is 1. The lowest BCUT2D eigenvalue weighted by Crippen LogP contribution is -2.22. The molecule has 3 rings (SSSR count). The molecule has 2 heterocycles. The Balaban J connectivity index is 1.82. The number of fused-ring (bicyclic) bond motifs is 1. The summed E-state index contributed by atoms with van der Waals surface area (Å²) in [6.45, 7) is 4.44. The van der Waals surface area contributed by atoms with Crippen molar-refractivity contribution in [3.63, 3.8) is 0 Å². The number of hydrogen-bond donors (Lipinski definition) is 2. The first kappa shape index (κ1) is 12.9. The molecule has 0 atom stereocenters. The second-order valence-corrected chi connectivity index (χ2v) is 5.81. The molecule has 2 aromatic heterocycles. The lowest BCUT2D eigenvalue weighted by atomic mass is 10.1. The first-order valence-electron chi connectivity index (χ1n) is 6.42. The largest absolute Gasteiger partial charge is 0.347 e. The monoisotopic (exact) mass is 285 g/mol. The Bertz CT molecular complexity index is 772. The number of carbonyl (C=O) groups excluding carboxylic acids is 1. The van der Waals surface area contributed by atoms with Crippen molar-refractivity contribution in [2.75, 3.05) is 0 Å². The molecule has 5 heteroatoms. The lowest BCUT2D eigenvalue weighted by Gasteiger charge is -2.03. The zero-order valence-corrected chi connectivity index (χ0v) is 12.2. The molecule has 0 saturated heterocycles. The van der Waals surface area contributed by atoms with Gasteiger partial charge in [0.2, 0.25) is 0 Å². The standard InChI is InChI=1S/C15H15N3OS/c1-9-12-5-3-4-6-13(12)20-14(9)15(19)16-7-11-8-17-18-10(11)2/h3-6,8H,7H2,1-2H3,(H,16,19)(H,17,18). The Kier molecular flexibility index (Phi) is 3.28. The summed E-state index contributed by atoms with van der Waals surface area (Å²) >= 11 is 1.54. The van der Waals surface area contributed by atoms with Gasteiger partial charge in [-0.05, 0) is 30.9 Å². The maximum absolute atomic E-state index is 12.3. The molecule has 0 saturated carbocycles. The van der Waals surface area contributed by atoms with Crippen LogP contribution < -0.4 is 5.32 Å². The first-order chi connectivity index (χ1) is 9.66. The van der Waals surface area contributed by atoms with Crippen LogP contribution in [0.25, 0.3) is 10.1 Å². The predicted molar refractivity (Wildman–Crippen MR) is 81.1 cm³/mol. The Morgan fingerprint density at radius 2 is 2.15 bits per heavy atom. The van der Waals surface area contributed by atoms with Crippen molar-refractivity contribution in [3.05, 3.63) is 52.2 Å². The van der Waals surface area contributed by atoms with Crippen LogP contribution >= 0.6 is 11.3 Å². The number of carbonyl (C=O) groups is 1. The van der Waals surface area contributed by atoms with E-state index in [1.807, 2.05) is 32.0 Å². The van der Waals surface area contributed by atoms with E-state index in [2.05, 4.69) is 21.6 Å². The van der Waals surface area contributed by atoms with Crippen LogP contribution in [0.4, 0.5) is 0 Å². The molecule has 102 valence electrons. The quantitative estimate of drug-likeness (QED) is 0.776. The summed E-state index contributed by atoms with van der Waals surface area (Å²) in [6, 6.07) is 8.09. The van der Waals surface area contributed by atoms with Crippen LogP contribution in [0.1, 0.15) is 26.5 Å². The molecule has 3 aromatic rings. The highest BCUT2D eigenvalue weighted by molar-refractivity contribution is 7.21. The molecule has 0 aliphatic carbocycles. The minimum atomic E-state index is -0.0238. The molecule has 0 aliphatic heterocycles. The number of nitrogens with one attached hydrogen (secondary N) is 2. The van der Waals surface area contributed by atoms with Gasteiger partial charge in [0.1, 0.15) is 0 Å². The van der Waals surface area contributed by atoms with Gasteiger partial charge in [0, 0.05) is 22.5 Å². The number of aromatic nitrogens is 2. The van der Waals surface area contributed by atoms with Crippen LogP contribution in [-0.4, -0.2) is 16.1 Å². The van der Waals surface area contributed by atoms with Gasteiger partial charge in [-0.3, -0.25) is 9.89 Å². The minimum absolute atomic E-state index is 0.0238. The fourth-order valence-corrected chi connectivity index (χ4v) is 3.33. The zero-order chi connectivity index (χ0) is 14.1. The van der Waals surface area contributed by atoms with Gasteiger partial charge in [-0.25, -0.2) is 0 Å². The molecule has 20 heavy (non-hydrogen) atoms. The minimum Gasteiger partial charge on any atom is -0.347 e. The Morgan fingerprint density at radius 1 is 1.35 bits per heavy atom. The third kappa shape index (κ3) is 2.20. The average molecular weight is 285 g/mol. The Morgan fingerprint density at radius 3 is 2.85 bits per heavy atom. The van der Waals surface area contributed by atoms with Crippen molar-refractivity contribution in [2.24, 2.45) is 0 Å². The molecule has 2 N–H and O–H groups in total. The number of nitrogens with zero attached hydrogens (tertiary/aromatic N) is 1. The second-order valence-electron chi connectivity index (χ2n) is 4.76. The van der Waals surface area contributed by atoms with Crippen molar-refractivity contribution >= 4 is 27.3 Å². The maximum atomic E-state index is 12.3. The summed E-state index contributed by atoms with van der Waals surface area (Å²) in [5.41, 5.74) is 3.04. The van der Waals surface area contributed by atoms with E-state index in [0.717, 1.165) is 31.8 Å². The van der Waals surface area contributed by atoms with Crippen LogP contribution in [0.5, 0.6) is 0 Å². The molecule has 1 aromatic carbocycles. The van der Waals surface area contributed by atoms with Crippen LogP contribution in [0.3, 0.4) is 0 Å². The molecular weight excluding hydrogens is 270 g/mol. The molecule has 1 amide bonds. The van der Waals surface area contributed by atoms with Crippen molar-refractivity contribution in [2.45, 2.75) is 20.4 Å². The maximum Gasteiger partial charge on any atom is 0.261 e. The van der Waals surface area contributed by atoms with Gasteiger partial charge in [0.25, 0.3) is 5.91 Å². The van der Waals surface area contributed by atoms with E-state index in [-0.39, 0.29) is 5.91 Å². The van der Waals surface area contributed by atoms with E-state index >= 15 is 0 Å². The third-order valence-electron chi connectivity index (χ3n) is 3.42. The average Bonchev–Trinajstić information content (AvgIpc) is 3.01. The van der Waals surface area contributed by atoms with E-state index in [1.54, 1.807) is 6.20 Å². The highest BCUT2D eigenvalue weighted by atomic mass is 32.1. The number of rotatable bonds is 3. The predicted octanol–water partition coefficient (Wildman–Crippen LogP) is 3.17. The fraction of sp³-hybridized carbons (Fsp3) is 0.200. The van der Waals surface area contributed by atoms with Gasteiger partial charge in [0.15, 0.2) is 0 Å². The van der Waals surface area contributed by atoms with Crippen molar-refractivity contribution in [3.8, 4) is 0 Å². The Labute approximate surface area is 120 Å². The van der Waals surface area contributed by atoms with Gasteiger partial charge in [-0.15, -0.1) is 11.3 Å². The van der Waals surface area contributed by atoms with Gasteiger partial charge >= 0.3 is 0 Å². The van der Waals surface area contributed by atoms with Crippen molar-refractivity contribution in [1.29, 1.82) is 0 Å². The third-order valence-corrected chi connectivity index (χ3v) is 4.70. The molecule has 0 unspecified atom stereocenters. The highest BCUT2D eigenvalue weighted by Gasteiger charge is 2.15. The number of thiophene rings is 1. The van der Waals surface area contributed by atoms with Crippen LogP contribution in [0.2, 0.25) is 0 Å². The summed E-state index contributed by atoms with van der Waals surface area (Å²) in [6.07, 6.45) is 1.74. The number of H-pyrrole nitrogens is 1. The number of benzene rings is 1. The van der Waals surface area contributed by atoms with E-state index in [9.17, 15) is 4.79 Å². The van der Waals surface area contributed by atoms with E-state index in [1.165, 1.54) is 11.3 Å². The molecule has 0 fully saturated rings. The summed E-state index contributed by atoms with van der Waals surface area (Å²) in [7, 11) is 0. The lowest BCUT2D eigenvalue weighted by molar-refractivity contribution is 0.0954. The number of aryl methyl sites for hydroxylation is 2. The summed E-state index contributed by atoms with van der Waals surface area (Å²) in [5.74, 6) is -0.0238. The fourth-order valence-electron chi connectivity index (χ4n) is 2.20. The van der Waals surface area contributed by atoms with E-state index in [4.69, 9.17) is 0 Å². The summed E-state index contributed by atoms with van der Waals surface area (Å²) in [5, 5.41) is 10.9. The normalized spacial score (nSPS) is 10.9. The molecule has 0 spiro atoms. The van der Waals surface area contributed by atoms with E-state index < -0.39 is 0 Å². The van der Waals surface area contributed by atoms with Crippen molar-refractivity contribution in [1.82, 2.24) is 15.5 Å². The number of hydrogen-bond acceptors (Lipinski definition) is 3. The number of amides is 1. The van der Waals surface area contributed by atoms with E-state index in [0.29, 0.717) is 6.54 Å². The molecule has 0 aliphatic rings. The van der Waals surface area contributed by atoms with Gasteiger partial charge < -0.3 is 5.32 Å². The summed E-state index contributed by atoms with van der Waals surface area (Å²) in [4.78, 5) is 13.1. The SMILES string of the molecule is Cc1[nH]ncc1CNC(=O)c1sc2ccccc2c1C. The summed E-state index contributed by atoms with van der Waals surface area (Å²) < 4.78 is 1.15. The first-order valence-corrected chi connectivity index (χ1v) is 7.23. The van der Waals surface area contributed by atoms with Gasteiger partial charge in [-0.1, -0.05) is 18.2 Å². The molecule has 0 radical (unpaired) electrons. The van der Waals surface area contributed by atoms with Gasteiger partial charge in [-0.2, -0.15) is 5.10 Å². The molecule has 4 nitrogen and oxygen atoms in total. The Hall–Kier alpha value is -2.14. The molecular formula is C15H15N3OS. The van der Waals surface area contributed by atoms with Crippen LogP contribution in [0, 0.1) is 13.8 Å². The topological polar surface area (TPSA) is 57.8 Å². The van der Waals surface area contributed by atoms with Crippen LogP contribution in [-0.2, 0) is 6.54 Å². The highest BCUT2D eigenvalue weighted by Crippen LogP contribution is 2.30. The van der Waals surface area contributed by atoms with Gasteiger partial charge in [0.05, 0.1) is 11.1 Å². The smallest absolute Gasteiger partial charge is 0.261 e. The van der Waals surface area contributed by atoms with Crippen molar-refractivity contribution < 1.29 is 4.79 Å².